The second-order valence-corrected chi connectivity index (χ2v) is 8.34. The highest BCUT2D eigenvalue weighted by atomic mass is 32.2. The monoisotopic (exact) mass is 392 g/mol. The Balaban J connectivity index is 1.83. The number of benzene rings is 1. The summed E-state index contributed by atoms with van der Waals surface area (Å²) in [7, 11) is 1.77. The third-order valence-electron chi connectivity index (χ3n) is 4.37. The molecule has 0 radical (unpaired) electrons. The molecule has 1 N–H and O–H groups in total. The molecule has 1 saturated heterocycles. The van der Waals surface area contributed by atoms with Crippen molar-refractivity contribution in [3.63, 3.8) is 0 Å². The zero-order chi connectivity index (χ0) is 18.7. The van der Waals surface area contributed by atoms with Crippen molar-refractivity contribution in [2.75, 3.05) is 20.1 Å². The van der Waals surface area contributed by atoms with Crippen molar-refractivity contribution in [2.45, 2.75) is 35.0 Å². The Hall–Kier alpha value is -1.97. The number of nitro benzene ring substituents is 1. The number of aromatic nitrogens is 1. The molecule has 0 spiro atoms. The van der Waals surface area contributed by atoms with Crippen LogP contribution in [-0.4, -0.2) is 46.9 Å². The summed E-state index contributed by atoms with van der Waals surface area (Å²) in [5.41, 5.74) is 1.17. The van der Waals surface area contributed by atoms with E-state index < -0.39 is 4.92 Å². The summed E-state index contributed by atoms with van der Waals surface area (Å²) in [6, 6.07) is 4.84. The van der Waals surface area contributed by atoms with E-state index in [0.29, 0.717) is 10.5 Å². The third-order valence-corrected chi connectivity index (χ3v) is 6.50. The van der Waals surface area contributed by atoms with Crippen molar-refractivity contribution in [3.05, 3.63) is 45.0 Å². The maximum absolute atomic E-state index is 12.8. The number of amides is 1. The van der Waals surface area contributed by atoms with Gasteiger partial charge >= 0.3 is 0 Å². The quantitative estimate of drug-likeness (QED) is 0.620. The normalized spacial score (nSPS) is 15.0. The molecule has 3 rings (SSSR count). The van der Waals surface area contributed by atoms with E-state index in [4.69, 9.17) is 0 Å². The first-order valence-corrected chi connectivity index (χ1v) is 10.0. The first kappa shape index (κ1) is 18.8. The van der Waals surface area contributed by atoms with Crippen LogP contribution in [0.5, 0.6) is 0 Å². The fraction of sp³-hybridized carbons (Fsp3) is 0.412. The van der Waals surface area contributed by atoms with Crippen LogP contribution in [0.3, 0.4) is 0 Å². The van der Waals surface area contributed by atoms with Gasteiger partial charge in [0.15, 0.2) is 4.34 Å². The Morgan fingerprint density at radius 1 is 1.42 bits per heavy atom. The van der Waals surface area contributed by atoms with Crippen LogP contribution < -0.4 is 5.32 Å². The predicted molar refractivity (Wildman–Crippen MR) is 102 cm³/mol. The lowest BCUT2D eigenvalue weighted by Gasteiger charge is -2.31. The first-order chi connectivity index (χ1) is 12.5. The number of rotatable bonds is 5. The topological polar surface area (TPSA) is 88.4 Å². The Kier molecular flexibility index (Phi) is 5.90. The molecule has 1 aliphatic heterocycles. The predicted octanol–water partition coefficient (Wildman–Crippen LogP) is 3.33. The van der Waals surface area contributed by atoms with Crippen LogP contribution >= 0.6 is 23.1 Å². The summed E-state index contributed by atoms with van der Waals surface area (Å²) in [4.78, 5) is 30.4. The minimum Gasteiger partial charge on any atom is -0.339 e. The van der Waals surface area contributed by atoms with Gasteiger partial charge in [-0.15, -0.1) is 11.3 Å². The van der Waals surface area contributed by atoms with E-state index in [9.17, 15) is 14.9 Å². The van der Waals surface area contributed by atoms with E-state index in [0.717, 1.165) is 36.0 Å². The Morgan fingerprint density at radius 2 is 2.15 bits per heavy atom. The average Bonchev–Trinajstić information content (AvgIpc) is 3.06. The maximum atomic E-state index is 12.8. The largest absolute Gasteiger partial charge is 0.339 e. The van der Waals surface area contributed by atoms with Crippen LogP contribution in [0.1, 0.15) is 28.9 Å². The number of nitrogens with one attached hydrogen (secondary N) is 1. The van der Waals surface area contributed by atoms with Crippen LogP contribution in [0.4, 0.5) is 5.69 Å². The highest BCUT2D eigenvalue weighted by molar-refractivity contribution is 8.01. The van der Waals surface area contributed by atoms with Crippen molar-refractivity contribution in [2.24, 2.45) is 0 Å². The fourth-order valence-corrected chi connectivity index (χ4v) is 4.79. The molecule has 9 heteroatoms. The van der Waals surface area contributed by atoms with E-state index in [1.54, 1.807) is 24.1 Å². The lowest BCUT2D eigenvalue weighted by atomic mass is 10.0. The second kappa shape index (κ2) is 8.15. The number of nitrogens with zero attached hydrogens (tertiary/aromatic N) is 3. The van der Waals surface area contributed by atoms with Crippen molar-refractivity contribution >= 4 is 34.7 Å². The summed E-state index contributed by atoms with van der Waals surface area (Å²) in [6.45, 7) is 3.64. The molecule has 0 atom stereocenters. The van der Waals surface area contributed by atoms with E-state index >= 15 is 0 Å². The third kappa shape index (κ3) is 4.22. The highest BCUT2D eigenvalue weighted by Gasteiger charge is 2.25. The fourth-order valence-electron chi connectivity index (χ4n) is 2.92. The van der Waals surface area contributed by atoms with Gasteiger partial charge in [-0.1, -0.05) is 11.8 Å². The highest BCUT2D eigenvalue weighted by Crippen LogP contribution is 2.37. The number of carbonyl (C=O) groups excluding carboxylic acids is 1. The molecule has 0 saturated carbocycles. The Morgan fingerprint density at radius 3 is 2.77 bits per heavy atom. The summed E-state index contributed by atoms with van der Waals surface area (Å²) < 4.78 is 0.747. The van der Waals surface area contributed by atoms with Crippen molar-refractivity contribution in [1.29, 1.82) is 0 Å². The number of aryl methyl sites for hydroxylation is 1. The molecule has 1 fully saturated rings. The Bertz CT molecular complexity index is 818. The molecule has 0 bridgehead atoms. The number of nitro groups is 1. The number of hydrogen-bond donors (Lipinski definition) is 1. The number of hydrogen-bond acceptors (Lipinski definition) is 7. The molecule has 1 aliphatic rings. The average molecular weight is 393 g/mol. The number of thiazole rings is 1. The van der Waals surface area contributed by atoms with Crippen molar-refractivity contribution < 1.29 is 9.72 Å². The van der Waals surface area contributed by atoms with Gasteiger partial charge in [-0.05, 0) is 45.0 Å². The van der Waals surface area contributed by atoms with Crippen LogP contribution in [-0.2, 0) is 0 Å². The van der Waals surface area contributed by atoms with Gasteiger partial charge in [0.25, 0.3) is 11.6 Å². The minimum atomic E-state index is -0.440. The van der Waals surface area contributed by atoms with Crippen molar-refractivity contribution in [1.82, 2.24) is 15.2 Å². The smallest absolute Gasteiger partial charge is 0.284 e. The summed E-state index contributed by atoms with van der Waals surface area (Å²) >= 11 is 2.70. The lowest BCUT2D eigenvalue weighted by Crippen LogP contribution is -2.43. The van der Waals surface area contributed by atoms with Gasteiger partial charge in [-0.3, -0.25) is 14.9 Å². The molecule has 7 nitrogen and oxygen atoms in total. The van der Waals surface area contributed by atoms with E-state index in [2.05, 4.69) is 10.3 Å². The van der Waals surface area contributed by atoms with Crippen molar-refractivity contribution in [3.8, 4) is 0 Å². The molecule has 1 amide bonds. The molecule has 26 heavy (non-hydrogen) atoms. The van der Waals surface area contributed by atoms with Gasteiger partial charge < -0.3 is 10.2 Å². The van der Waals surface area contributed by atoms with Crippen LogP contribution in [0.15, 0.2) is 32.8 Å². The van der Waals surface area contributed by atoms with E-state index in [1.165, 1.54) is 29.2 Å². The molecule has 1 aromatic heterocycles. The molecule has 2 heterocycles. The van der Waals surface area contributed by atoms with Gasteiger partial charge in [0.1, 0.15) is 0 Å². The number of carbonyl (C=O) groups is 1. The SMILES string of the molecule is Cc1csc(Sc2ccc(C(=O)N(C)C3CCNCC3)cc2[N+](=O)[O-])n1. The molecule has 2 aromatic rings. The standard InChI is InChI=1S/C17H20N4O3S2/c1-11-10-25-17(19-11)26-15-4-3-12(9-14(15)21(23)24)16(22)20(2)13-5-7-18-8-6-13/h3-4,9-10,13,18H,5-8H2,1-2H3. The first-order valence-electron chi connectivity index (χ1n) is 8.32. The molecule has 0 unspecified atom stereocenters. The summed E-state index contributed by atoms with van der Waals surface area (Å²) in [5.74, 6) is -0.179. The van der Waals surface area contributed by atoms with Gasteiger partial charge in [0.2, 0.25) is 0 Å². The molecule has 1 aromatic carbocycles. The van der Waals surface area contributed by atoms with Crippen LogP contribution in [0.2, 0.25) is 0 Å². The van der Waals surface area contributed by atoms with Crippen LogP contribution in [0, 0.1) is 17.0 Å². The lowest BCUT2D eigenvalue weighted by molar-refractivity contribution is -0.387. The van der Waals surface area contributed by atoms with E-state index in [-0.39, 0.29) is 17.6 Å². The molecule has 138 valence electrons. The molecular weight excluding hydrogens is 372 g/mol. The number of piperidine rings is 1. The van der Waals surface area contributed by atoms with Gasteiger partial charge in [0.05, 0.1) is 9.82 Å². The van der Waals surface area contributed by atoms with E-state index in [1.807, 2.05) is 12.3 Å². The zero-order valence-electron chi connectivity index (χ0n) is 14.6. The van der Waals surface area contributed by atoms with Gasteiger partial charge in [-0.25, -0.2) is 4.98 Å². The molecular formula is C17H20N4O3S2. The summed E-state index contributed by atoms with van der Waals surface area (Å²) in [5, 5.41) is 16.7. The second-order valence-electron chi connectivity index (χ2n) is 6.19. The molecule has 0 aliphatic carbocycles. The zero-order valence-corrected chi connectivity index (χ0v) is 16.2. The Labute approximate surface area is 160 Å². The minimum absolute atomic E-state index is 0.0626. The maximum Gasteiger partial charge on any atom is 0.284 e. The van der Waals surface area contributed by atoms with Crippen LogP contribution in [0.25, 0.3) is 0 Å². The van der Waals surface area contributed by atoms with Gasteiger partial charge in [0, 0.05) is 35.8 Å². The summed E-state index contributed by atoms with van der Waals surface area (Å²) in [6.07, 6.45) is 1.78. The van der Waals surface area contributed by atoms with Gasteiger partial charge in [-0.2, -0.15) is 0 Å².